The van der Waals surface area contributed by atoms with E-state index in [2.05, 4.69) is 32.4 Å². The molecule has 0 N–H and O–H groups in total. The lowest BCUT2D eigenvalue weighted by Gasteiger charge is -1.98. The van der Waals surface area contributed by atoms with Gasteiger partial charge in [0.15, 0.2) is 0 Å². The van der Waals surface area contributed by atoms with Gasteiger partial charge in [0.1, 0.15) is 0 Å². The second kappa shape index (κ2) is 11.7. The highest BCUT2D eigenvalue weighted by molar-refractivity contribution is 4.91. The van der Waals surface area contributed by atoms with E-state index >= 15 is 0 Å². The predicted octanol–water partition coefficient (Wildman–Crippen LogP) is 4.91. The van der Waals surface area contributed by atoms with E-state index in [4.69, 9.17) is 0 Å². The Kier molecular flexibility index (Phi) is 11.5. The number of hydrogen-bond acceptors (Lipinski definition) is 0. The molecule has 0 aliphatic carbocycles. The predicted molar refractivity (Wildman–Crippen MR) is 61.7 cm³/mol. The smallest absolute Gasteiger partial charge is 0.0202 e. The summed E-state index contributed by atoms with van der Waals surface area (Å²) in [5.74, 6) is 0. The van der Waals surface area contributed by atoms with Gasteiger partial charge in [0.25, 0.3) is 0 Å². The minimum Gasteiger partial charge on any atom is -0.0882 e. The van der Waals surface area contributed by atoms with Gasteiger partial charge in [-0.15, -0.1) is 0 Å². The van der Waals surface area contributed by atoms with E-state index in [1.54, 1.807) is 0 Å². The first-order valence-electron chi connectivity index (χ1n) is 5.86. The van der Waals surface area contributed by atoms with Crippen LogP contribution in [-0.4, -0.2) is 0 Å². The summed E-state index contributed by atoms with van der Waals surface area (Å²) in [5, 5.41) is 0. The third-order valence-electron chi connectivity index (χ3n) is 2.30. The van der Waals surface area contributed by atoms with Crippen molar-refractivity contribution in [3.05, 3.63) is 18.6 Å². The molecule has 1 radical (unpaired) electrons. The van der Waals surface area contributed by atoms with Gasteiger partial charge in [-0.25, -0.2) is 0 Å². The van der Waals surface area contributed by atoms with Crippen molar-refractivity contribution >= 4 is 0 Å². The summed E-state index contributed by atoms with van der Waals surface area (Å²) in [4.78, 5) is 0. The second-order valence-electron chi connectivity index (χ2n) is 3.67. The maximum atomic E-state index is 2.27. The minimum atomic E-state index is 1.26. The zero-order valence-corrected chi connectivity index (χ0v) is 9.39. The Morgan fingerprint density at radius 3 is 2.08 bits per heavy atom. The van der Waals surface area contributed by atoms with Gasteiger partial charge in [0.2, 0.25) is 0 Å². The fourth-order valence-corrected chi connectivity index (χ4v) is 1.45. The molecule has 0 unspecified atom stereocenters. The molecule has 0 fully saturated rings. The molecule has 0 atom stereocenters. The average molecular weight is 181 g/mol. The van der Waals surface area contributed by atoms with Crippen molar-refractivity contribution in [2.24, 2.45) is 0 Å². The van der Waals surface area contributed by atoms with E-state index < -0.39 is 0 Å². The van der Waals surface area contributed by atoms with Crippen molar-refractivity contribution in [3.63, 3.8) is 0 Å². The Morgan fingerprint density at radius 1 is 0.846 bits per heavy atom. The molecule has 0 spiro atoms. The second-order valence-corrected chi connectivity index (χ2v) is 3.67. The molecule has 0 aromatic heterocycles. The van der Waals surface area contributed by atoms with E-state index in [9.17, 15) is 0 Å². The van der Waals surface area contributed by atoms with E-state index in [0.717, 1.165) is 0 Å². The lowest BCUT2D eigenvalue weighted by atomic mass is 10.1. The molecule has 0 aliphatic heterocycles. The third-order valence-corrected chi connectivity index (χ3v) is 2.30. The van der Waals surface area contributed by atoms with Gasteiger partial charge in [-0.3, -0.25) is 0 Å². The van der Waals surface area contributed by atoms with Crippen LogP contribution >= 0.6 is 0 Å². The molecule has 77 valence electrons. The standard InChI is InChI=1S/C13H25/c1-3-5-7-9-11-13-12-10-8-6-4-2/h3,5,7H,4,6,8-13H2,1-2H3/b7-5+. The molecule has 0 saturated heterocycles. The summed E-state index contributed by atoms with van der Waals surface area (Å²) in [6.07, 6.45) is 17.7. The van der Waals surface area contributed by atoms with Gasteiger partial charge in [-0.1, -0.05) is 64.5 Å². The topological polar surface area (TPSA) is 0 Å². The first-order chi connectivity index (χ1) is 6.41. The highest BCUT2D eigenvalue weighted by Crippen LogP contribution is 2.08. The maximum Gasteiger partial charge on any atom is -0.0202 e. The van der Waals surface area contributed by atoms with E-state index in [0.29, 0.717) is 0 Å². The Bertz CT molecular complexity index is 103. The number of unbranched alkanes of at least 4 members (excludes halogenated alkanes) is 7. The van der Waals surface area contributed by atoms with E-state index in [1.165, 1.54) is 51.4 Å². The summed E-state index contributed by atoms with van der Waals surface area (Å²) in [6, 6.07) is 0. The number of hydrogen-bond donors (Lipinski definition) is 0. The lowest BCUT2D eigenvalue weighted by molar-refractivity contribution is 0.592. The van der Waals surface area contributed by atoms with Crippen LogP contribution in [0, 0.1) is 6.42 Å². The van der Waals surface area contributed by atoms with Gasteiger partial charge in [-0.2, -0.15) is 0 Å². The SMILES string of the molecule is C[CH]/C=C/CCCCCCCCC. The lowest BCUT2D eigenvalue weighted by Crippen LogP contribution is -1.78. The zero-order valence-electron chi connectivity index (χ0n) is 9.39. The number of rotatable bonds is 9. The molecule has 0 heteroatoms. The van der Waals surface area contributed by atoms with Crippen LogP contribution in [0.25, 0.3) is 0 Å². The Balaban J connectivity index is 2.87. The first-order valence-corrected chi connectivity index (χ1v) is 5.86. The van der Waals surface area contributed by atoms with Crippen LogP contribution in [0.15, 0.2) is 12.2 Å². The maximum absolute atomic E-state index is 2.27. The van der Waals surface area contributed by atoms with Crippen molar-refractivity contribution in [2.45, 2.75) is 65.2 Å². The van der Waals surface area contributed by atoms with E-state index in [-0.39, 0.29) is 0 Å². The van der Waals surface area contributed by atoms with Crippen molar-refractivity contribution in [1.29, 1.82) is 0 Å². The van der Waals surface area contributed by atoms with E-state index in [1.807, 2.05) is 0 Å². The van der Waals surface area contributed by atoms with Crippen molar-refractivity contribution in [2.75, 3.05) is 0 Å². The molecular weight excluding hydrogens is 156 g/mol. The Hall–Kier alpha value is -0.260. The fourth-order valence-electron chi connectivity index (χ4n) is 1.45. The van der Waals surface area contributed by atoms with Gasteiger partial charge >= 0.3 is 0 Å². The summed E-state index contributed by atoms with van der Waals surface area (Å²) in [6.45, 7) is 4.34. The summed E-state index contributed by atoms with van der Waals surface area (Å²) in [5.41, 5.74) is 0. The molecule has 0 heterocycles. The molecule has 0 aromatic rings. The zero-order chi connectivity index (χ0) is 9.78. The normalized spacial score (nSPS) is 11.2. The Morgan fingerprint density at radius 2 is 1.46 bits per heavy atom. The quantitative estimate of drug-likeness (QED) is 0.443. The van der Waals surface area contributed by atoms with Gasteiger partial charge in [0.05, 0.1) is 0 Å². The molecule has 0 amide bonds. The molecule has 0 aromatic carbocycles. The molecule has 13 heavy (non-hydrogen) atoms. The van der Waals surface area contributed by atoms with Gasteiger partial charge in [0, 0.05) is 0 Å². The summed E-state index contributed by atoms with van der Waals surface area (Å²) < 4.78 is 0. The van der Waals surface area contributed by atoms with Crippen molar-refractivity contribution < 1.29 is 0 Å². The summed E-state index contributed by atoms with van der Waals surface area (Å²) in [7, 11) is 0. The molecule has 0 aliphatic rings. The van der Waals surface area contributed by atoms with Crippen molar-refractivity contribution in [3.8, 4) is 0 Å². The highest BCUT2D eigenvalue weighted by Gasteiger charge is 1.88. The van der Waals surface area contributed by atoms with Crippen LogP contribution in [0.1, 0.15) is 65.2 Å². The third kappa shape index (κ3) is 11.7. The average Bonchev–Trinajstić information content (AvgIpc) is 2.16. The summed E-state index contributed by atoms with van der Waals surface area (Å²) >= 11 is 0. The monoisotopic (exact) mass is 181 g/mol. The van der Waals surface area contributed by atoms with Crippen LogP contribution < -0.4 is 0 Å². The molecule has 0 rings (SSSR count). The van der Waals surface area contributed by atoms with Crippen LogP contribution in [0.4, 0.5) is 0 Å². The van der Waals surface area contributed by atoms with Gasteiger partial charge < -0.3 is 0 Å². The fraction of sp³-hybridized carbons (Fsp3) is 0.769. The van der Waals surface area contributed by atoms with Crippen LogP contribution in [0.3, 0.4) is 0 Å². The number of allylic oxidation sites excluding steroid dienone is 2. The first kappa shape index (κ1) is 12.7. The molecule has 0 saturated carbocycles. The molecule has 0 nitrogen and oxygen atoms in total. The Labute approximate surface area is 84.4 Å². The molecule has 0 bridgehead atoms. The van der Waals surface area contributed by atoms with Crippen LogP contribution in [0.5, 0.6) is 0 Å². The highest BCUT2D eigenvalue weighted by atomic mass is 13.9. The largest absolute Gasteiger partial charge is 0.0882 e. The van der Waals surface area contributed by atoms with Gasteiger partial charge in [-0.05, 0) is 19.3 Å². The minimum absolute atomic E-state index is 1.26. The van der Waals surface area contributed by atoms with Crippen molar-refractivity contribution in [1.82, 2.24) is 0 Å². The van der Waals surface area contributed by atoms with Crippen LogP contribution in [-0.2, 0) is 0 Å². The molecular formula is C13H25. The van der Waals surface area contributed by atoms with Crippen LogP contribution in [0.2, 0.25) is 0 Å².